The molecule has 1 heterocycles. The van der Waals surface area contributed by atoms with Gasteiger partial charge in [-0.2, -0.15) is 0 Å². The number of rotatable bonds is 5. The number of hydrogen-bond acceptors (Lipinski definition) is 4. The van der Waals surface area contributed by atoms with Crippen molar-refractivity contribution in [2.24, 2.45) is 0 Å². The van der Waals surface area contributed by atoms with Gasteiger partial charge in [0.1, 0.15) is 0 Å². The van der Waals surface area contributed by atoms with Gasteiger partial charge in [-0.1, -0.05) is 30.3 Å². The van der Waals surface area contributed by atoms with Crippen LogP contribution in [0, 0.1) is 6.92 Å². The summed E-state index contributed by atoms with van der Waals surface area (Å²) in [6.07, 6.45) is 0. The van der Waals surface area contributed by atoms with E-state index in [1.54, 1.807) is 24.3 Å². The Kier molecular flexibility index (Phi) is 6.00. The van der Waals surface area contributed by atoms with Crippen LogP contribution < -0.4 is 10.2 Å². The molecule has 1 saturated heterocycles. The second kappa shape index (κ2) is 9.02. The highest BCUT2D eigenvalue weighted by molar-refractivity contribution is 6.08. The summed E-state index contributed by atoms with van der Waals surface area (Å²) in [6, 6.07) is 20.2. The van der Waals surface area contributed by atoms with Crippen LogP contribution in [0.5, 0.6) is 0 Å². The molecule has 158 valence electrons. The molecule has 0 bridgehead atoms. The Morgan fingerprint density at radius 3 is 2.35 bits per heavy atom. The summed E-state index contributed by atoms with van der Waals surface area (Å²) in [5.74, 6) is -1.44. The van der Waals surface area contributed by atoms with Gasteiger partial charge < -0.3 is 20.1 Å². The molecule has 0 aliphatic carbocycles. The molecule has 1 amide bonds. The number of carbonyl (C=O) groups excluding carboxylic acids is 1. The highest BCUT2D eigenvalue weighted by atomic mass is 16.5. The zero-order chi connectivity index (χ0) is 21.8. The first kappa shape index (κ1) is 20.6. The van der Waals surface area contributed by atoms with E-state index in [9.17, 15) is 14.7 Å². The molecule has 2 N–H and O–H groups in total. The number of aromatic carboxylic acids is 1. The van der Waals surface area contributed by atoms with Crippen molar-refractivity contribution < 1.29 is 19.4 Å². The van der Waals surface area contributed by atoms with Gasteiger partial charge in [0.05, 0.1) is 24.5 Å². The summed E-state index contributed by atoms with van der Waals surface area (Å²) < 4.78 is 5.38. The first-order valence-electron chi connectivity index (χ1n) is 10.2. The Morgan fingerprint density at radius 1 is 0.968 bits per heavy atom. The van der Waals surface area contributed by atoms with Gasteiger partial charge in [-0.3, -0.25) is 4.79 Å². The molecule has 4 rings (SSSR count). The van der Waals surface area contributed by atoms with Gasteiger partial charge in [-0.15, -0.1) is 0 Å². The van der Waals surface area contributed by atoms with E-state index in [1.165, 1.54) is 6.07 Å². The molecule has 3 aromatic rings. The van der Waals surface area contributed by atoms with Crippen molar-refractivity contribution in [2.45, 2.75) is 6.92 Å². The summed E-state index contributed by atoms with van der Waals surface area (Å²) in [7, 11) is 0. The summed E-state index contributed by atoms with van der Waals surface area (Å²) in [4.78, 5) is 26.8. The topological polar surface area (TPSA) is 78.9 Å². The molecule has 0 unspecified atom stereocenters. The minimum absolute atomic E-state index is 0.0515. The molecule has 6 nitrogen and oxygen atoms in total. The van der Waals surface area contributed by atoms with E-state index in [0.29, 0.717) is 18.8 Å². The third-order valence-corrected chi connectivity index (χ3v) is 5.46. The van der Waals surface area contributed by atoms with Crippen LogP contribution in [0.25, 0.3) is 11.1 Å². The number of anilines is 2. The van der Waals surface area contributed by atoms with Gasteiger partial charge in [0.15, 0.2) is 0 Å². The number of morpholine rings is 1. The van der Waals surface area contributed by atoms with Gasteiger partial charge >= 0.3 is 5.97 Å². The standard InChI is InChI=1S/C25H24N2O4/c1-17-4-2-3-5-21(17)19-8-11-22(25(29)30)23(16-19)26-24(28)18-6-9-20(10-7-18)27-12-14-31-15-13-27/h2-11,16H,12-15H2,1H3,(H,26,28)(H,29,30). The molecule has 31 heavy (non-hydrogen) atoms. The first-order valence-corrected chi connectivity index (χ1v) is 10.2. The predicted octanol–water partition coefficient (Wildman–Crippen LogP) is 4.45. The zero-order valence-corrected chi connectivity index (χ0v) is 17.3. The number of carboxylic acids is 1. The summed E-state index contributed by atoms with van der Waals surface area (Å²) in [6.45, 7) is 5.02. The molecule has 0 spiro atoms. The van der Waals surface area contributed by atoms with Crippen molar-refractivity contribution in [3.63, 3.8) is 0 Å². The fourth-order valence-electron chi connectivity index (χ4n) is 3.74. The maximum atomic E-state index is 12.9. The van der Waals surface area contributed by atoms with E-state index in [0.717, 1.165) is 35.5 Å². The smallest absolute Gasteiger partial charge is 0.337 e. The Labute approximate surface area is 181 Å². The Morgan fingerprint density at radius 2 is 1.68 bits per heavy atom. The number of hydrogen-bond donors (Lipinski definition) is 2. The molecule has 1 aliphatic rings. The zero-order valence-electron chi connectivity index (χ0n) is 17.3. The van der Waals surface area contributed by atoms with E-state index < -0.39 is 5.97 Å². The lowest BCUT2D eigenvalue weighted by atomic mass is 9.98. The fraction of sp³-hybridized carbons (Fsp3) is 0.200. The Hall–Kier alpha value is -3.64. The number of benzene rings is 3. The summed E-state index contributed by atoms with van der Waals surface area (Å²) >= 11 is 0. The highest BCUT2D eigenvalue weighted by Gasteiger charge is 2.16. The number of aryl methyl sites for hydroxylation is 1. The Bertz CT molecular complexity index is 1100. The Balaban J connectivity index is 1.58. The fourth-order valence-corrected chi connectivity index (χ4v) is 3.74. The lowest BCUT2D eigenvalue weighted by Gasteiger charge is -2.28. The van der Waals surface area contributed by atoms with Crippen LogP contribution >= 0.6 is 0 Å². The molecule has 1 aliphatic heterocycles. The van der Waals surface area contributed by atoms with Crippen molar-refractivity contribution >= 4 is 23.3 Å². The quantitative estimate of drug-likeness (QED) is 0.643. The van der Waals surface area contributed by atoms with Crippen LogP contribution in [0.4, 0.5) is 11.4 Å². The van der Waals surface area contributed by atoms with Crippen LogP contribution in [0.3, 0.4) is 0 Å². The lowest BCUT2D eigenvalue weighted by molar-refractivity contribution is 0.0698. The van der Waals surface area contributed by atoms with Crippen LogP contribution in [0.2, 0.25) is 0 Å². The summed E-state index contributed by atoms with van der Waals surface area (Å²) in [5, 5.41) is 12.4. The van der Waals surface area contributed by atoms with Crippen molar-refractivity contribution in [3.05, 3.63) is 83.4 Å². The SMILES string of the molecule is Cc1ccccc1-c1ccc(C(=O)O)c(NC(=O)c2ccc(N3CCOCC3)cc2)c1. The van der Waals surface area contributed by atoms with Crippen LogP contribution in [-0.4, -0.2) is 43.3 Å². The maximum absolute atomic E-state index is 12.9. The molecule has 0 aromatic heterocycles. The molecular formula is C25H24N2O4. The molecule has 6 heteroatoms. The number of amides is 1. The number of nitrogens with zero attached hydrogens (tertiary/aromatic N) is 1. The van der Waals surface area contributed by atoms with Crippen LogP contribution in [-0.2, 0) is 4.74 Å². The number of carboxylic acid groups (broad SMARTS) is 1. The number of ether oxygens (including phenoxy) is 1. The van der Waals surface area contributed by atoms with Gasteiger partial charge in [0, 0.05) is 24.3 Å². The average molecular weight is 416 g/mol. The maximum Gasteiger partial charge on any atom is 0.337 e. The molecular weight excluding hydrogens is 392 g/mol. The van der Waals surface area contributed by atoms with Gasteiger partial charge in [-0.05, 0) is 60.0 Å². The van der Waals surface area contributed by atoms with E-state index in [1.807, 2.05) is 43.3 Å². The monoisotopic (exact) mass is 416 g/mol. The van der Waals surface area contributed by atoms with Crippen molar-refractivity contribution in [1.82, 2.24) is 0 Å². The second-order valence-corrected chi connectivity index (χ2v) is 7.48. The van der Waals surface area contributed by atoms with Crippen LogP contribution in [0.15, 0.2) is 66.7 Å². The van der Waals surface area contributed by atoms with Gasteiger partial charge in [-0.25, -0.2) is 4.79 Å². The minimum Gasteiger partial charge on any atom is -0.478 e. The largest absolute Gasteiger partial charge is 0.478 e. The minimum atomic E-state index is -1.09. The van der Waals surface area contributed by atoms with Crippen molar-refractivity contribution in [1.29, 1.82) is 0 Å². The summed E-state index contributed by atoms with van der Waals surface area (Å²) in [5.41, 5.74) is 4.74. The van der Waals surface area contributed by atoms with Gasteiger partial charge in [0.25, 0.3) is 5.91 Å². The number of carbonyl (C=O) groups is 2. The third kappa shape index (κ3) is 4.59. The first-order chi connectivity index (χ1) is 15.0. The molecule has 0 atom stereocenters. The average Bonchev–Trinajstić information content (AvgIpc) is 2.80. The van der Waals surface area contributed by atoms with E-state index in [4.69, 9.17) is 4.74 Å². The van der Waals surface area contributed by atoms with E-state index in [2.05, 4.69) is 10.2 Å². The van der Waals surface area contributed by atoms with E-state index >= 15 is 0 Å². The van der Waals surface area contributed by atoms with E-state index in [-0.39, 0.29) is 17.2 Å². The lowest BCUT2D eigenvalue weighted by Crippen LogP contribution is -2.36. The van der Waals surface area contributed by atoms with Crippen LogP contribution in [0.1, 0.15) is 26.3 Å². The number of nitrogens with one attached hydrogen (secondary N) is 1. The molecule has 3 aromatic carbocycles. The third-order valence-electron chi connectivity index (χ3n) is 5.46. The molecule has 1 fully saturated rings. The normalized spacial score (nSPS) is 13.6. The predicted molar refractivity (Wildman–Crippen MR) is 121 cm³/mol. The van der Waals surface area contributed by atoms with Crippen molar-refractivity contribution in [2.75, 3.05) is 36.5 Å². The molecule has 0 saturated carbocycles. The van der Waals surface area contributed by atoms with Gasteiger partial charge in [0.2, 0.25) is 0 Å². The van der Waals surface area contributed by atoms with Crippen molar-refractivity contribution in [3.8, 4) is 11.1 Å². The second-order valence-electron chi connectivity index (χ2n) is 7.48. The molecule has 0 radical (unpaired) electrons. The highest BCUT2D eigenvalue weighted by Crippen LogP contribution is 2.29.